The summed E-state index contributed by atoms with van der Waals surface area (Å²) in [7, 11) is 0. The first-order chi connectivity index (χ1) is 11.2. The Bertz CT molecular complexity index is 667. The summed E-state index contributed by atoms with van der Waals surface area (Å²) in [4.78, 5) is 0. The van der Waals surface area contributed by atoms with Gasteiger partial charge in [0.05, 0.1) is 5.56 Å². The van der Waals surface area contributed by atoms with Gasteiger partial charge in [-0.1, -0.05) is 24.3 Å². The molecule has 0 bridgehead atoms. The topological polar surface area (TPSA) is 52.5 Å². The average Bonchev–Trinajstić information content (AvgIpc) is 2.54. The van der Waals surface area contributed by atoms with Gasteiger partial charge in [-0.25, -0.2) is 0 Å². The highest BCUT2D eigenvalue weighted by molar-refractivity contribution is 5.45. The van der Waals surface area contributed by atoms with Gasteiger partial charge in [0.2, 0.25) is 0 Å². The third-order valence-corrected chi connectivity index (χ3v) is 3.80. The Balaban J connectivity index is 2.08. The summed E-state index contributed by atoms with van der Waals surface area (Å²) in [6.45, 7) is 1.60. The van der Waals surface area contributed by atoms with E-state index in [1.165, 1.54) is 19.1 Å². The molecular weight excluding hydrogens is 319 g/mol. The molecule has 0 amide bonds. The van der Waals surface area contributed by atoms with E-state index in [-0.39, 0.29) is 18.7 Å². The number of alkyl halides is 3. The average molecular weight is 339 g/mol. The number of benzene rings is 2. The number of nitrogens with one attached hydrogen (secondary N) is 1. The predicted molar refractivity (Wildman–Crippen MR) is 86.7 cm³/mol. The Kier molecular flexibility index (Phi) is 5.51. The normalized spacial score (nSPS) is 14.2. The zero-order valence-corrected chi connectivity index (χ0v) is 13.3. The summed E-state index contributed by atoms with van der Waals surface area (Å²) in [6, 6.07) is 12.0. The fourth-order valence-electron chi connectivity index (χ4n) is 2.33. The first kappa shape index (κ1) is 18.3. The van der Waals surface area contributed by atoms with Crippen molar-refractivity contribution in [1.82, 2.24) is 0 Å². The van der Waals surface area contributed by atoms with Crippen LogP contribution < -0.4 is 5.32 Å². The molecule has 0 unspecified atom stereocenters. The molecule has 130 valence electrons. The smallest absolute Gasteiger partial charge is 0.396 e. The number of rotatable bonds is 6. The van der Waals surface area contributed by atoms with Crippen LogP contribution in [0.1, 0.15) is 23.6 Å². The Morgan fingerprint density at radius 1 is 1.00 bits per heavy atom. The van der Waals surface area contributed by atoms with Crippen molar-refractivity contribution in [2.75, 3.05) is 18.5 Å². The van der Waals surface area contributed by atoms with Gasteiger partial charge in [0.1, 0.15) is 5.60 Å². The minimum atomic E-state index is -4.44. The molecule has 6 heteroatoms. The molecule has 0 aromatic heterocycles. The van der Waals surface area contributed by atoms with Crippen LogP contribution in [0.15, 0.2) is 48.5 Å². The fraction of sp³-hybridized carbons (Fsp3) is 0.333. The van der Waals surface area contributed by atoms with Crippen molar-refractivity contribution < 1.29 is 23.4 Å². The van der Waals surface area contributed by atoms with E-state index in [0.717, 1.165) is 23.4 Å². The summed E-state index contributed by atoms with van der Waals surface area (Å²) in [5.74, 6) is 0. The molecule has 0 fully saturated rings. The lowest BCUT2D eigenvalue weighted by atomic mass is 9.94. The number of hydrogen-bond donors (Lipinski definition) is 3. The Hall–Kier alpha value is -2.05. The molecule has 3 nitrogen and oxygen atoms in total. The third-order valence-electron chi connectivity index (χ3n) is 3.80. The molecule has 24 heavy (non-hydrogen) atoms. The van der Waals surface area contributed by atoms with Gasteiger partial charge in [0.15, 0.2) is 0 Å². The van der Waals surface area contributed by atoms with Crippen LogP contribution in [0, 0.1) is 0 Å². The zero-order valence-electron chi connectivity index (χ0n) is 13.3. The van der Waals surface area contributed by atoms with Crippen LogP contribution in [0.2, 0.25) is 0 Å². The molecule has 0 aliphatic carbocycles. The molecule has 0 heterocycles. The lowest BCUT2D eigenvalue weighted by molar-refractivity contribution is -0.137. The number of aliphatic hydroxyl groups excluding tert-OH is 1. The molecule has 0 radical (unpaired) electrons. The first-order valence-electron chi connectivity index (χ1n) is 7.56. The summed E-state index contributed by atoms with van der Waals surface area (Å²) >= 11 is 0. The minimum Gasteiger partial charge on any atom is -0.396 e. The van der Waals surface area contributed by atoms with E-state index >= 15 is 0 Å². The predicted octanol–water partition coefficient (Wildman–Crippen LogP) is 3.56. The number of halogens is 3. The van der Waals surface area contributed by atoms with Gasteiger partial charge in [0.25, 0.3) is 0 Å². The first-order valence-corrected chi connectivity index (χ1v) is 7.56. The molecule has 0 saturated heterocycles. The highest BCUT2D eigenvalue weighted by Crippen LogP contribution is 2.32. The summed E-state index contributed by atoms with van der Waals surface area (Å²) < 4.78 is 38.4. The maximum Gasteiger partial charge on any atom is 0.416 e. The zero-order chi connectivity index (χ0) is 17.8. The van der Waals surface area contributed by atoms with Gasteiger partial charge >= 0.3 is 6.18 Å². The van der Waals surface area contributed by atoms with Crippen molar-refractivity contribution >= 4 is 5.69 Å². The Morgan fingerprint density at radius 3 is 2.21 bits per heavy atom. The fourth-order valence-corrected chi connectivity index (χ4v) is 2.33. The van der Waals surface area contributed by atoms with Crippen LogP contribution in [0.5, 0.6) is 0 Å². The molecule has 0 spiro atoms. The molecule has 0 saturated carbocycles. The molecule has 2 aromatic carbocycles. The van der Waals surface area contributed by atoms with E-state index < -0.39 is 17.3 Å². The summed E-state index contributed by atoms with van der Waals surface area (Å²) in [5, 5.41) is 22.4. The van der Waals surface area contributed by atoms with Crippen molar-refractivity contribution in [3.8, 4) is 0 Å². The van der Waals surface area contributed by atoms with Gasteiger partial charge < -0.3 is 15.5 Å². The molecule has 2 rings (SSSR count). The minimum absolute atomic E-state index is 0.0632. The van der Waals surface area contributed by atoms with E-state index in [1.54, 1.807) is 12.1 Å². The van der Waals surface area contributed by atoms with Crippen molar-refractivity contribution in [1.29, 1.82) is 0 Å². The molecule has 3 N–H and O–H groups in total. The van der Waals surface area contributed by atoms with E-state index in [0.29, 0.717) is 6.42 Å². The van der Waals surface area contributed by atoms with Crippen LogP contribution in [0.4, 0.5) is 18.9 Å². The van der Waals surface area contributed by atoms with Crippen LogP contribution in [0.25, 0.3) is 0 Å². The van der Waals surface area contributed by atoms with Gasteiger partial charge in [0, 0.05) is 18.8 Å². The maximum absolute atomic E-state index is 12.8. The molecule has 1 atom stereocenters. The number of anilines is 1. The Labute approximate surface area is 138 Å². The van der Waals surface area contributed by atoms with Crippen molar-refractivity contribution in [2.45, 2.75) is 25.1 Å². The van der Waals surface area contributed by atoms with Crippen molar-refractivity contribution in [3.05, 3.63) is 65.2 Å². The molecule has 0 aliphatic rings. The quantitative estimate of drug-likeness (QED) is 0.754. The lowest BCUT2D eigenvalue weighted by Crippen LogP contribution is -2.31. The lowest BCUT2D eigenvalue weighted by Gasteiger charge is -2.25. The highest BCUT2D eigenvalue weighted by Gasteiger charge is 2.32. The van der Waals surface area contributed by atoms with Crippen LogP contribution in [-0.4, -0.2) is 23.4 Å². The Morgan fingerprint density at radius 2 is 1.62 bits per heavy atom. The maximum atomic E-state index is 12.8. The van der Waals surface area contributed by atoms with E-state index in [2.05, 4.69) is 5.32 Å². The van der Waals surface area contributed by atoms with Gasteiger partial charge in [-0.05, 0) is 48.7 Å². The van der Waals surface area contributed by atoms with Crippen LogP contribution in [0.3, 0.4) is 0 Å². The second kappa shape index (κ2) is 7.23. The summed E-state index contributed by atoms with van der Waals surface area (Å²) in [6.07, 6.45) is -3.88. The number of aliphatic hydroxyl groups is 2. The standard InChI is InChI=1S/C18H20F3NO2/c1-17(24,14-3-2-4-15(11-14)18(19,20)21)12-22-16-7-5-13(6-8-16)9-10-23/h2-8,11,22-24H,9-10,12H2,1H3/t17-/m0/s1. The van der Waals surface area contributed by atoms with E-state index in [4.69, 9.17) is 5.11 Å². The molecule has 0 aliphatic heterocycles. The van der Waals surface area contributed by atoms with Crippen LogP contribution in [-0.2, 0) is 18.2 Å². The second-order valence-corrected chi connectivity index (χ2v) is 5.88. The van der Waals surface area contributed by atoms with E-state index in [1.807, 2.05) is 12.1 Å². The molecule has 2 aromatic rings. The second-order valence-electron chi connectivity index (χ2n) is 5.88. The van der Waals surface area contributed by atoms with Gasteiger partial charge in [-0.3, -0.25) is 0 Å². The highest BCUT2D eigenvalue weighted by atomic mass is 19.4. The number of hydrogen-bond acceptors (Lipinski definition) is 3. The van der Waals surface area contributed by atoms with E-state index in [9.17, 15) is 18.3 Å². The SMILES string of the molecule is C[C@](O)(CNc1ccc(CCO)cc1)c1cccc(C(F)(F)F)c1. The van der Waals surface area contributed by atoms with Crippen molar-refractivity contribution in [2.24, 2.45) is 0 Å². The largest absolute Gasteiger partial charge is 0.416 e. The van der Waals surface area contributed by atoms with Gasteiger partial charge in [-0.15, -0.1) is 0 Å². The van der Waals surface area contributed by atoms with Gasteiger partial charge in [-0.2, -0.15) is 13.2 Å². The molecular formula is C18H20F3NO2. The monoisotopic (exact) mass is 339 g/mol. The summed E-state index contributed by atoms with van der Waals surface area (Å²) in [5.41, 5.74) is -0.322. The van der Waals surface area contributed by atoms with Crippen molar-refractivity contribution in [3.63, 3.8) is 0 Å². The van der Waals surface area contributed by atoms with Crippen LogP contribution >= 0.6 is 0 Å². The third kappa shape index (κ3) is 4.72.